The number of aliphatic hydroxyl groups excluding tert-OH is 2. The van der Waals surface area contributed by atoms with Gasteiger partial charge in [-0.3, -0.25) is 10.1 Å². The van der Waals surface area contributed by atoms with E-state index in [-0.39, 0.29) is 25.4 Å². The van der Waals surface area contributed by atoms with E-state index in [1.165, 1.54) is 24.3 Å². The predicted octanol–water partition coefficient (Wildman–Crippen LogP) is 1.97. The number of aryl methyl sites for hydroxylation is 1. The summed E-state index contributed by atoms with van der Waals surface area (Å²) < 4.78 is 5.56. The van der Waals surface area contributed by atoms with Crippen molar-refractivity contribution < 1.29 is 19.9 Å². The third-order valence-electron chi connectivity index (χ3n) is 3.73. The van der Waals surface area contributed by atoms with Crippen LogP contribution in [0.3, 0.4) is 0 Å². The van der Waals surface area contributed by atoms with Gasteiger partial charge >= 0.3 is 0 Å². The van der Waals surface area contributed by atoms with E-state index in [1.807, 2.05) is 31.2 Å². The number of hydrogen-bond donors (Lipinski definition) is 3. The normalized spacial score (nSPS) is 13.2. The van der Waals surface area contributed by atoms with E-state index >= 15 is 0 Å². The molecule has 7 heteroatoms. The molecule has 0 radical (unpaired) electrons. The van der Waals surface area contributed by atoms with E-state index < -0.39 is 17.1 Å². The second-order valence-corrected chi connectivity index (χ2v) is 5.75. The Morgan fingerprint density at radius 3 is 2.44 bits per heavy atom. The van der Waals surface area contributed by atoms with E-state index in [4.69, 9.17) is 4.74 Å². The van der Waals surface area contributed by atoms with Crippen molar-refractivity contribution in [3.8, 4) is 5.75 Å². The zero-order valence-electron chi connectivity index (χ0n) is 14.0. The molecule has 0 spiro atoms. The number of rotatable bonds is 9. The maximum Gasteiger partial charge on any atom is 0.269 e. The van der Waals surface area contributed by atoms with E-state index in [9.17, 15) is 20.3 Å². The standard InChI is InChI=1S/C18H22N2O5/c1-13-4-2-3-5-18(13)25-12-16(21)10-19-11-17(22)14-6-8-15(9-7-14)20(23)24/h2-9,16-17,19,21-22H,10-12H2,1H3. The summed E-state index contributed by atoms with van der Waals surface area (Å²) in [6.07, 6.45) is -1.53. The molecule has 0 bridgehead atoms. The fourth-order valence-electron chi connectivity index (χ4n) is 2.29. The predicted molar refractivity (Wildman–Crippen MR) is 93.6 cm³/mol. The summed E-state index contributed by atoms with van der Waals surface area (Å²) in [6.45, 7) is 2.56. The van der Waals surface area contributed by atoms with Crippen LogP contribution in [-0.4, -0.2) is 40.9 Å². The van der Waals surface area contributed by atoms with Crippen molar-refractivity contribution in [1.29, 1.82) is 0 Å². The molecule has 2 rings (SSSR count). The Morgan fingerprint density at radius 1 is 1.12 bits per heavy atom. The Labute approximate surface area is 146 Å². The summed E-state index contributed by atoms with van der Waals surface area (Å²) in [5, 5.41) is 33.6. The van der Waals surface area contributed by atoms with Gasteiger partial charge in [0.15, 0.2) is 0 Å². The second kappa shape index (κ2) is 9.12. The van der Waals surface area contributed by atoms with Gasteiger partial charge in [-0.25, -0.2) is 0 Å². The Morgan fingerprint density at radius 2 is 1.80 bits per heavy atom. The van der Waals surface area contributed by atoms with Gasteiger partial charge in [-0.15, -0.1) is 0 Å². The van der Waals surface area contributed by atoms with Gasteiger partial charge in [0.05, 0.1) is 11.0 Å². The van der Waals surface area contributed by atoms with Gasteiger partial charge in [0.1, 0.15) is 18.5 Å². The van der Waals surface area contributed by atoms with Crippen LogP contribution in [0.2, 0.25) is 0 Å². The zero-order chi connectivity index (χ0) is 18.2. The molecule has 0 saturated heterocycles. The fraction of sp³-hybridized carbons (Fsp3) is 0.333. The molecule has 2 atom stereocenters. The maximum absolute atomic E-state index is 10.6. The SMILES string of the molecule is Cc1ccccc1OCC(O)CNCC(O)c1ccc([N+](=O)[O-])cc1. The first-order valence-electron chi connectivity index (χ1n) is 7.97. The molecule has 0 aliphatic carbocycles. The lowest BCUT2D eigenvalue weighted by Gasteiger charge is -2.16. The first-order chi connectivity index (χ1) is 12.0. The van der Waals surface area contributed by atoms with Crippen LogP contribution >= 0.6 is 0 Å². The van der Waals surface area contributed by atoms with Gasteiger partial charge < -0.3 is 20.3 Å². The van der Waals surface area contributed by atoms with Crippen LogP contribution in [0.15, 0.2) is 48.5 Å². The number of non-ortho nitro benzene ring substituents is 1. The van der Waals surface area contributed by atoms with Crippen LogP contribution in [0.1, 0.15) is 17.2 Å². The molecule has 2 aromatic carbocycles. The van der Waals surface area contributed by atoms with Gasteiger partial charge in [0, 0.05) is 25.2 Å². The number of nitro groups is 1. The molecule has 0 saturated carbocycles. The van der Waals surface area contributed by atoms with Crippen LogP contribution in [0, 0.1) is 17.0 Å². The van der Waals surface area contributed by atoms with Crippen LogP contribution < -0.4 is 10.1 Å². The molecular formula is C18H22N2O5. The first kappa shape index (κ1) is 18.9. The van der Waals surface area contributed by atoms with E-state index in [0.29, 0.717) is 5.56 Å². The van der Waals surface area contributed by atoms with Crippen LogP contribution in [0.4, 0.5) is 5.69 Å². The number of nitrogens with zero attached hydrogens (tertiary/aromatic N) is 1. The molecule has 0 aliphatic heterocycles. The lowest BCUT2D eigenvalue weighted by molar-refractivity contribution is -0.384. The van der Waals surface area contributed by atoms with Crippen molar-refractivity contribution in [3.05, 3.63) is 69.8 Å². The number of para-hydroxylation sites is 1. The number of nitro benzene ring substituents is 1. The smallest absolute Gasteiger partial charge is 0.269 e. The summed E-state index contributed by atoms with van der Waals surface area (Å²) >= 11 is 0. The molecule has 2 aromatic rings. The molecule has 7 nitrogen and oxygen atoms in total. The largest absolute Gasteiger partial charge is 0.491 e. The number of hydrogen-bond acceptors (Lipinski definition) is 6. The Bertz CT molecular complexity index is 690. The lowest BCUT2D eigenvalue weighted by atomic mass is 10.1. The van der Waals surface area contributed by atoms with Crippen LogP contribution in [0.25, 0.3) is 0 Å². The van der Waals surface area contributed by atoms with Crippen molar-refractivity contribution in [2.75, 3.05) is 19.7 Å². The highest BCUT2D eigenvalue weighted by atomic mass is 16.6. The summed E-state index contributed by atoms with van der Waals surface area (Å²) in [7, 11) is 0. The monoisotopic (exact) mass is 346 g/mol. The Hall–Kier alpha value is -2.48. The van der Waals surface area contributed by atoms with Crippen molar-refractivity contribution >= 4 is 5.69 Å². The highest BCUT2D eigenvalue weighted by Gasteiger charge is 2.12. The van der Waals surface area contributed by atoms with Crippen molar-refractivity contribution in [2.24, 2.45) is 0 Å². The quantitative estimate of drug-likeness (QED) is 0.474. The zero-order valence-corrected chi connectivity index (χ0v) is 14.0. The number of nitrogens with one attached hydrogen (secondary N) is 1. The Kier molecular flexibility index (Phi) is 6.88. The lowest BCUT2D eigenvalue weighted by Crippen LogP contribution is -2.33. The van der Waals surface area contributed by atoms with Gasteiger partial charge in [-0.2, -0.15) is 0 Å². The second-order valence-electron chi connectivity index (χ2n) is 5.75. The molecule has 2 unspecified atom stereocenters. The summed E-state index contributed by atoms with van der Waals surface area (Å²) in [5.41, 5.74) is 1.55. The summed E-state index contributed by atoms with van der Waals surface area (Å²) in [5.74, 6) is 0.729. The van der Waals surface area contributed by atoms with Crippen LogP contribution in [0.5, 0.6) is 5.75 Å². The molecule has 25 heavy (non-hydrogen) atoms. The average molecular weight is 346 g/mol. The third kappa shape index (κ3) is 5.82. The molecule has 0 fully saturated rings. The minimum absolute atomic E-state index is 0.0207. The maximum atomic E-state index is 10.6. The molecule has 3 N–H and O–H groups in total. The third-order valence-corrected chi connectivity index (χ3v) is 3.73. The van der Waals surface area contributed by atoms with E-state index in [2.05, 4.69) is 5.32 Å². The summed E-state index contributed by atoms with van der Waals surface area (Å²) in [4.78, 5) is 10.1. The molecule has 0 heterocycles. The van der Waals surface area contributed by atoms with Gasteiger partial charge in [0.2, 0.25) is 0 Å². The average Bonchev–Trinajstić information content (AvgIpc) is 2.61. The molecular weight excluding hydrogens is 324 g/mol. The van der Waals surface area contributed by atoms with Crippen molar-refractivity contribution in [2.45, 2.75) is 19.1 Å². The topological polar surface area (TPSA) is 105 Å². The minimum atomic E-state index is -0.815. The Balaban J connectivity index is 1.72. The minimum Gasteiger partial charge on any atom is -0.491 e. The number of ether oxygens (including phenoxy) is 1. The van der Waals surface area contributed by atoms with Crippen LogP contribution in [-0.2, 0) is 0 Å². The fourth-order valence-corrected chi connectivity index (χ4v) is 2.29. The molecule has 134 valence electrons. The molecule has 0 aromatic heterocycles. The molecule has 0 aliphatic rings. The highest BCUT2D eigenvalue weighted by Crippen LogP contribution is 2.18. The van der Waals surface area contributed by atoms with Crippen molar-refractivity contribution in [1.82, 2.24) is 5.32 Å². The highest BCUT2D eigenvalue weighted by molar-refractivity contribution is 5.34. The summed E-state index contributed by atoms with van der Waals surface area (Å²) in [6, 6.07) is 13.3. The van der Waals surface area contributed by atoms with E-state index in [0.717, 1.165) is 11.3 Å². The van der Waals surface area contributed by atoms with Gasteiger partial charge in [0.25, 0.3) is 5.69 Å². The number of benzene rings is 2. The molecule has 0 amide bonds. The van der Waals surface area contributed by atoms with Gasteiger partial charge in [-0.05, 0) is 36.2 Å². The van der Waals surface area contributed by atoms with E-state index in [1.54, 1.807) is 0 Å². The number of aliphatic hydroxyl groups is 2. The van der Waals surface area contributed by atoms with Crippen molar-refractivity contribution in [3.63, 3.8) is 0 Å². The van der Waals surface area contributed by atoms with Gasteiger partial charge in [-0.1, -0.05) is 18.2 Å². The first-order valence-corrected chi connectivity index (χ1v) is 7.97.